The summed E-state index contributed by atoms with van der Waals surface area (Å²) in [5, 5.41) is 1.86. The molecule has 1 amide bonds. The van der Waals surface area contributed by atoms with Crippen molar-refractivity contribution in [1.29, 1.82) is 0 Å². The first-order valence-electron chi connectivity index (χ1n) is 6.63. The summed E-state index contributed by atoms with van der Waals surface area (Å²) in [6, 6.07) is 12.1. The predicted molar refractivity (Wildman–Crippen MR) is 80.3 cm³/mol. The Morgan fingerprint density at radius 1 is 1.14 bits per heavy atom. The van der Waals surface area contributed by atoms with E-state index in [4.69, 9.17) is 0 Å². The van der Waals surface area contributed by atoms with Crippen LogP contribution in [0.5, 0.6) is 0 Å². The van der Waals surface area contributed by atoms with Gasteiger partial charge in [0.05, 0.1) is 4.90 Å². The highest BCUT2D eigenvalue weighted by Gasteiger charge is 2.49. The lowest BCUT2D eigenvalue weighted by Gasteiger charge is -2.11. The first-order valence-corrected chi connectivity index (χ1v) is 8.07. The van der Waals surface area contributed by atoms with Gasteiger partial charge >= 0.3 is 0 Å². The summed E-state index contributed by atoms with van der Waals surface area (Å²) in [7, 11) is -0.346. The van der Waals surface area contributed by atoms with Crippen LogP contribution in [0.2, 0.25) is 0 Å². The van der Waals surface area contributed by atoms with Gasteiger partial charge in [0, 0.05) is 20.6 Å². The SMILES string of the molecule is CN(C)C(=O)C1CN1S(=O)(=O)c1ccc2ccccc2c1. The average Bonchev–Trinajstić information content (AvgIpc) is 3.27. The van der Waals surface area contributed by atoms with Crippen LogP contribution in [0.25, 0.3) is 10.8 Å². The van der Waals surface area contributed by atoms with Crippen molar-refractivity contribution >= 4 is 26.7 Å². The molecule has 1 saturated heterocycles. The van der Waals surface area contributed by atoms with Crippen molar-refractivity contribution in [3.63, 3.8) is 0 Å². The summed E-state index contributed by atoms with van der Waals surface area (Å²) in [6.45, 7) is 0.256. The fraction of sp³-hybridized carbons (Fsp3) is 0.267. The van der Waals surface area contributed by atoms with E-state index in [2.05, 4.69) is 0 Å². The molecule has 2 atom stereocenters. The lowest BCUT2D eigenvalue weighted by Crippen LogP contribution is -2.30. The van der Waals surface area contributed by atoms with Crippen LogP contribution in [0.4, 0.5) is 0 Å². The van der Waals surface area contributed by atoms with Crippen molar-refractivity contribution in [2.45, 2.75) is 10.9 Å². The Balaban J connectivity index is 1.93. The molecule has 1 aliphatic rings. The van der Waals surface area contributed by atoms with Crippen LogP contribution in [0, 0.1) is 0 Å². The van der Waals surface area contributed by atoms with E-state index in [-0.39, 0.29) is 17.3 Å². The molecule has 3 rings (SSSR count). The Kier molecular flexibility index (Phi) is 3.22. The van der Waals surface area contributed by atoms with Crippen LogP contribution in [-0.2, 0) is 14.8 Å². The fourth-order valence-electron chi connectivity index (χ4n) is 2.35. The molecule has 0 aromatic heterocycles. The van der Waals surface area contributed by atoms with Gasteiger partial charge in [0.2, 0.25) is 15.9 Å². The van der Waals surface area contributed by atoms with E-state index >= 15 is 0 Å². The second kappa shape index (κ2) is 4.82. The summed E-state index contributed by atoms with van der Waals surface area (Å²) < 4.78 is 26.3. The van der Waals surface area contributed by atoms with E-state index in [1.165, 1.54) is 9.21 Å². The number of carbonyl (C=O) groups excluding carboxylic acids is 1. The van der Waals surface area contributed by atoms with Crippen LogP contribution in [0.3, 0.4) is 0 Å². The maximum Gasteiger partial charge on any atom is 0.243 e. The average molecular weight is 304 g/mol. The highest BCUT2D eigenvalue weighted by molar-refractivity contribution is 7.89. The third-order valence-electron chi connectivity index (χ3n) is 3.62. The molecule has 21 heavy (non-hydrogen) atoms. The van der Waals surface area contributed by atoms with Gasteiger partial charge in [0.1, 0.15) is 6.04 Å². The predicted octanol–water partition coefficient (Wildman–Crippen LogP) is 1.30. The first-order chi connectivity index (χ1) is 9.91. The van der Waals surface area contributed by atoms with Gasteiger partial charge in [-0.3, -0.25) is 4.79 Å². The summed E-state index contributed by atoms with van der Waals surface area (Å²) in [4.78, 5) is 13.5. The van der Waals surface area contributed by atoms with Gasteiger partial charge in [0.15, 0.2) is 0 Å². The molecule has 110 valence electrons. The number of hydrogen-bond donors (Lipinski definition) is 0. The van der Waals surface area contributed by atoms with Crippen molar-refractivity contribution in [1.82, 2.24) is 9.21 Å². The van der Waals surface area contributed by atoms with Crippen molar-refractivity contribution < 1.29 is 13.2 Å². The third kappa shape index (κ3) is 2.41. The minimum absolute atomic E-state index is 0.181. The molecule has 0 spiro atoms. The Labute approximate surface area is 123 Å². The summed E-state index contributed by atoms with van der Waals surface area (Å²) >= 11 is 0. The Bertz CT molecular complexity index is 815. The van der Waals surface area contributed by atoms with Gasteiger partial charge in [-0.1, -0.05) is 30.3 Å². The molecule has 5 nitrogen and oxygen atoms in total. The molecule has 1 heterocycles. The summed E-state index contributed by atoms with van der Waals surface area (Å²) in [5.74, 6) is -0.181. The van der Waals surface area contributed by atoms with Crippen molar-refractivity contribution in [3.05, 3.63) is 42.5 Å². The number of sulfonamides is 1. The highest BCUT2D eigenvalue weighted by Crippen LogP contribution is 2.30. The number of carbonyl (C=O) groups is 1. The molecule has 2 aromatic carbocycles. The maximum absolute atomic E-state index is 12.5. The summed E-state index contributed by atoms with van der Waals surface area (Å²) in [5.41, 5.74) is 0. The third-order valence-corrected chi connectivity index (χ3v) is 5.49. The zero-order valence-electron chi connectivity index (χ0n) is 11.9. The quantitative estimate of drug-likeness (QED) is 0.803. The van der Waals surface area contributed by atoms with Crippen LogP contribution < -0.4 is 0 Å². The van der Waals surface area contributed by atoms with Crippen LogP contribution in [0.1, 0.15) is 0 Å². The fourth-order valence-corrected chi connectivity index (χ4v) is 3.90. The number of fused-ring (bicyclic) bond motifs is 1. The molecular formula is C15H16N2O3S. The van der Waals surface area contributed by atoms with E-state index in [9.17, 15) is 13.2 Å². The normalized spacial score (nSPS) is 21.2. The van der Waals surface area contributed by atoms with E-state index < -0.39 is 16.1 Å². The first kappa shape index (κ1) is 14.0. The number of rotatable bonds is 3. The van der Waals surface area contributed by atoms with Crippen molar-refractivity contribution in [2.75, 3.05) is 20.6 Å². The molecule has 2 aromatic rings. The van der Waals surface area contributed by atoms with Crippen molar-refractivity contribution in [2.24, 2.45) is 0 Å². The Hall–Kier alpha value is -1.92. The van der Waals surface area contributed by atoms with Gasteiger partial charge in [-0.05, 0) is 22.9 Å². The number of hydrogen-bond acceptors (Lipinski definition) is 3. The van der Waals surface area contributed by atoms with Gasteiger partial charge in [-0.2, -0.15) is 4.31 Å². The number of likely N-dealkylation sites (N-methyl/N-ethyl adjacent to an activating group) is 1. The molecule has 1 aliphatic heterocycles. The standard InChI is InChI=1S/C15H16N2O3S/c1-16(2)15(18)14-10-17(14)21(19,20)13-8-7-11-5-3-4-6-12(11)9-13/h3-9,14H,10H2,1-2H3. The molecule has 1 fully saturated rings. The molecule has 0 bridgehead atoms. The number of benzene rings is 2. The van der Waals surface area contributed by atoms with Crippen LogP contribution >= 0.6 is 0 Å². The maximum atomic E-state index is 12.5. The molecule has 0 saturated carbocycles. The molecule has 2 unspecified atom stereocenters. The molecule has 6 heteroatoms. The summed E-state index contributed by atoms with van der Waals surface area (Å²) in [6.07, 6.45) is 0. The lowest BCUT2D eigenvalue weighted by molar-refractivity contribution is -0.128. The zero-order valence-corrected chi connectivity index (χ0v) is 12.7. The minimum atomic E-state index is -3.60. The van der Waals surface area contributed by atoms with Crippen LogP contribution in [-0.4, -0.2) is 50.2 Å². The highest BCUT2D eigenvalue weighted by atomic mass is 32.2. The van der Waals surface area contributed by atoms with E-state index in [1.807, 2.05) is 24.3 Å². The van der Waals surface area contributed by atoms with Gasteiger partial charge in [-0.15, -0.1) is 0 Å². The van der Waals surface area contributed by atoms with Gasteiger partial charge < -0.3 is 4.90 Å². The smallest absolute Gasteiger partial charge is 0.243 e. The van der Waals surface area contributed by atoms with Crippen molar-refractivity contribution in [3.8, 4) is 0 Å². The zero-order chi connectivity index (χ0) is 15.2. The molecule has 0 radical (unpaired) electrons. The van der Waals surface area contributed by atoms with Crippen LogP contribution in [0.15, 0.2) is 47.4 Å². The topological polar surface area (TPSA) is 57.5 Å². The van der Waals surface area contributed by atoms with Gasteiger partial charge in [0.25, 0.3) is 0 Å². The monoisotopic (exact) mass is 304 g/mol. The molecule has 0 N–H and O–H groups in total. The number of amides is 1. The van der Waals surface area contributed by atoms with E-state index in [0.29, 0.717) is 0 Å². The molecular weight excluding hydrogens is 288 g/mol. The second-order valence-corrected chi connectivity index (χ2v) is 7.22. The second-order valence-electron chi connectivity index (χ2n) is 5.33. The minimum Gasteiger partial charge on any atom is -0.347 e. The van der Waals surface area contributed by atoms with E-state index in [0.717, 1.165) is 10.8 Å². The largest absolute Gasteiger partial charge is 0.347 e. The van der Waals surface area contributed by atoms with E-state index in [1.54, 1.807) is 32.3 Å². The van der Waals surface area contributed by atoms with Gasteiger partial charge in [-0.25, -0.2) is 8.42 Å². The Morgan fingerprint density at radius 3 is 2.48 bits per heavy atom. The number of nitrogens with zero attached hydrogens (tertiary/aromatic N) is 2. The molecule has 0 aliphatic carbocycles. The lowest BCUT2D eigenvalue weighted by atomic mass is 10.1. The Morgan fingerprint density at radius 2 is 1.81 bits per heavy atom.